The van der Waals surface area contributed by atoms with E-state index in [2.05, 4.69) is 11.4 Å². The van der Waals surface area contributed by atoms with E-state index in [0.717, 1.165) is 5.56 Å². The summed E-state index contributed by atoms with van der Waals surface area (Å²) in [5, 5.41) is 13.3. The molecule has 0 saturated heterocycles. The lowest BCUT2D eigenvalue weighted by molar-refractivity contribution is 0.102. The van der Waals surface area contributed by atoms with E-state index in [4.69, 9.17) is 37.1 Å². The van der Waals surface area contributed by atoms with Crippen LogP contribution in [0.1, 0.15) is 15.9 Å². The molecule has 0 atom stereocenters. The molecule has 6 nitrogen and oxygen atoms in total. The first kappa shape index (κ1) is 23.2. The molecule has 0 aliphatic rings. The Balaban J connectivity index is 1.83. The minimum atomic E-state index is -0.494. The molecule has 0 radical (unpaired) electrons. The predicted octanol–water partition coefficient (Wildman–Crippen LogP) is 7.06. The zero-order valence-electron chi connectivity index (χ0n) is 18.2. The molecule has 8 heteroatoms. The van der Waals surface area contributed by atoms with E-state index >= 15 is 0 Å². The summed E-state index contributed by atoms with van der Waals surface area (Å²) in [5.74, 6) is 1.30. The van der Waals surface area contributed by atoms with Gasteiger partial charge in [0.25, 0.3) is 5.91 Å². The van der Waals surface area contributed by atoms with Gasteiger partial charge in [0.1, 0.15) is 28.9 Å². The number of carbonyl (C=O) groups excluding carboxylic acids is 1. The third kappa shape index (κ3) is 4.58. The number of nitrogens with one attached hydrogen (secondary N) is 1. The molecule has 0 bridgehead atoms. The molecule has 170 valence electrons. The predicted molar refractivity (Wildman–Crippen MR) is 132 cm³/mol. The third-order valence-corrected chi connectivity index (χ3v) is 5.90. The first-order valence-corrected chi connectivity index (χ1v) is 10.8. The molecule has 0 saturated carbocycles. The Morgan fingerprint density at radius 3 is 2.00 bits per heavy atom. The lowest BCUT2D eigenvalue weighted by atomic mass is 9.98. The topological polar surface area (TPSA) is 84.5 Å². The van der Waals surface area contributed by atoms with Crippen molar-refractivity contribution in [3.05, 3.63) is 87.9 Å². The fourth-order valence-electron chi connectivity index (χ4n) is 3.42. The summed E-state index contributed by atoms with van der Waals surface area (Å²) < 4.78 is 16.6. The molecule has 0 spiro atoms. The van der Waals surface area contributed by atoms with Crippen molar-refractivity contribution in [3.8, 4) is 40.0 Å². The number of ether oxygens (including phenoxy) is 2. The Bertz CT molecular complexity index is 1390. The van der Waals surface area contributed by atoms with Crippen molar-refractivity contribution in [1.29, 1.82) is 5.26 Å². The highest BCUT2D eigenvalue weighted by Crippen LogP contribution is 2.42. The maximum Gasteiger partial charge on any atom is 0.258 e. The molecule has 1 heterocycles. The third-order valence-electron chi connectivity index (χ3n) is 5.16. The highest BCUT2D eigenvalue weighted by atomic mass is 35.5. The quantitative estimate of drug-likeness (QED) is 0.311. The SMILES string of the molecule is COc1ccc(-c2oc(NC(=O)c3ccc(Cl)c(Cl)c3)c(C#N)c2-c2ccc(OC)cc2)cc1. The van der Waals surface area contributed by atoms with Crippen molar-refractivity contribution < 1.29 is 18.7 Å². The van der Waals surface area contributed by atoms with Gasteiger partial charge in [0.05, 0.1) is 24.3 Å². The highest BCUT2D eigenvalue weighted by Gasteiger charge is 2.25. The van der Waals surface area contributed by atoms with Crippen LogP contribution in [0.2, 0.25) is 10.0 Å². The fraction of sp³-hybridized carbons (Fsp3) is 0.0769. The van der Waals surface area contributed by atoms with Crippen molar-refractivity contribution in [3.63, 3.8) is 0 Å². The second kappa shape index (κ2) is 9.92. The molecule has 0 aliphatic heterocycles. The molecule has 1 aromatic heterocycles. The van der Waals surface area contributed by atoms with Crippen LogP contribution in [0.3, 0.4) is 0 Å². The minimum Gasteiger partial charge on any atom is -0.497 e. The number of furan rings is 1. The number of methoxy groups -OCH3 is 2. The monoisotopic (exact) mass is 492 g/mol. The van der Waals surface area contributed by atoms with Gasteiger partial charge >= 0.3 is 0 Å². The van der Waals surface area contributed by atoms with Crippen LogP contribution >= 0.6 is 23.2 Å². The maximum atomic E-state index is 12.9. The van der Waals surface area contributed by atoms with Gasteiger partial charge in [-0.25, -0.2) is 0 Å². The number of anilines is 1. The van der Waals surface area contributed by atoms with Crippen LogP contribution in [0.25, 0.3) is 22.5 Å². The Morgan fingerprint density at radius 1 is 0.882 bits per heavy atom. The standard InChI is InChI=1S/C26H18Cl2N2O4/c1-32-18-8-3-15(4-9-18)23-20(14-29)26(30-25(31)17-7-12-21(27)22(28)13-17)34-24(23)16-5-10-19(33-2)11-6-16/h3-13H,1-2H3,(H,30,31). The zero-order chi connectivity index (χ0) is 24.2. The van der Waals surface area contributed by atoms with Gasteiger partial charge in [0.15, 0.2) is 0 Å². The first-order chi connectivity index (χ1) is 16.4. The van der Waals surface area contributed by atoms with E-state index in [1.807, 2.05) is 24.3 Å². The Kier molecular flexibility index (Phi) is 6.78. The summed E-state index contributed by atoms with van der Waals surface area (Å²) in [6.45, 7) is 0. The number of amides is 1. The number of benzene rings is 3. The number of hydrogen-bond acceptors (Lipinski definition) is 5. The van der Waals surface area contributed by atoms with Gasteiger partial charge in [0, 0.05) is 16.7 Å². The van der Waals surface area contributed by atoms with E-state index in [1.165, 1.54) is 18.2 Å². The Labute approximate surface area is 206 Å². The van der Waals surface area contributed by atoms with Crippen LogP contribution < -0.4 is 14.8 Å². The van der Waals surface area contributed by atoms with Gasteiger partial charge < -0.3 is 13.9 Å². The lowest BCUT2D eigenvalue weighted by Crippen LogP contribution is -2.12. The lowest BCUT2D eigenvalue weighted by Gasteiger charge is -2.06. The summed E-state index contributed by atoms with van der Waals surface area (Å²) >= 11 is 12.0. The van der Waals surface area contributed by atoms with Crippen LogP contribution in [0, 0.1) is 11.3 Å². The van der Waals surface area contributed by atoms with E-state index in [1.54, 1.807) is 38.5 Å². The molecule has 0 aliphatic carbocycles. The zero-order valence-corrected chi connectivity index (χ0v) is 19.7. The van der Waals surface area contributed by atoms with Gasteiger partial charge in [-0.1, -0.05) is 35.3 Å². The van der Waals surface area contributed by atoms with Crippen LogP contribution in [0.5, 0.6) is 11.5 Å². The van der Waals surface area contributed by atoms with Crippen LogP contribution in [0.15, 0.2) is 71.1 Å². The van der Waals surface area contributed by atoms with Gasteiger partial charge in [-0.3, -0.25) is 10.1 Å². The number of hydrogen-bond donors (Lipinski definition) is 1. The molecule has 34 heavy (non-hydrogen) atoms. The summed E-state index contributed by atoms with van der Waals surface area (Å²) in [4.78, 5) is 12.9. The number of nitriles is 1. The summed E-state index contributed by atoms with van der Waals surface area (Å²) in [5.41, 5.74) is 2.43. The van der Waals surface area contributed by atoms with E-state index in [0.29, 0.717) is 33.4 Å². The fourth-order valence-corrected chi connectivity index (χ4v) is 3.72. The average Bonchev–Trinajstić information content (AvgIpc) is 3.23. The number of halogens is 2. The molecule has 4 aromatic rings. The van der Waals surface area contributed by atoms with E-state index < -0.39 is 5.91 Å². The minimum absolute atomic E-state index is 0.0233. The van der Waals surface area contributed by atoms with E-state index in [9.17, 15) is 10.1 Å². The van der Waals surface area contributed by atoms with Gasteiger partial charge in [0.2, 0.25) is 5.88 Å². The van der Waals surface area contributed by atoms with Crippen molar-refractivity contribution >= 4 is 35.0 Å². The summed E-state index contributed by atoms with van der Waals surface area (Å²) in [6.07, 6.45) is 0. The van der Waals surface area contributed by atoms with Crippen molar-refractivity contribution in [2.24, 2.45) is 0 Å². The molecule has 0 fully saturated rings. The second-order valence-electron chi connectivity index (χ2n) is 7.16. The van der Waals surface area contributed by atoms with Crippen molar-refractivity contribution in [2.45, 2.75) is 0 Å². The smallest absolute Gasteiger partial charge is 0.258 e. The van der Waals surface area contributed by atoms with Gasteiger partial charge in [-0.2, -0.15) is 5.26 Å². The van der Waals surface area contributed by atoms with Gasteiger partial charge in [-0.05, 0) is 60.2 Å². The number of carbonyl (C=O) groups is 1. The largest absolute Gasteiger partial charge is 0.497 e. The second-order valence-corrected chi connectivity index (χ2v) is 7.98. The molecule has 4 rings (SSSR count). The Hall–Kier alpha value is -3.92. The molecular formula is C26H18Cl2N2O4. The average molecular weight is 493 g/mol. The molecular weight excluding hydrogens is 475 g/mol. The van der Waals surface area contributed by atoms with Crippen molar-refractivity contribution in [1.82, 2.24) is 0 Å². The Morgan fingerprint density at radius 2 is 1.47 bits per heavy atom. The van der Waals surface area contributed by atoms with E-state index in [-0.39, 0.29) is 22.0 Å². The highest BCUT2D eigenvalue weighted by molar-refractivity contribution is 6.42. The number of rotatable bonds is 6. The molecule has 3 aromatic carbocycles. The molecule has 1 N–H and O–H groups in total. The van der Waals surface area contributed by atoms with Crippen LogP contribution in [-0.2, 0) is 0 Å². The summed E-state index contributed by atoms with van der Waals surface area (Å²) in [6, 6.07) is 21.1. The normalized spacial score (nSPS) is 10.4. The number of nitrogens with zero attached hydrogens (tertiary/aromatic N) is 1. The van der Waals surface area contributed by atoms with Crippen LogP contribution in [0.4, 0.5) is 5.88 Å². The molecule has 1 amide bonds. The van der Waals surface area contributed by atoms with Crippen LogP contribution in [-0.4, -0.2) is 20.1 Å². The van der Waals surface area contributed by atoms with Crippen molar-refractivity contribution in [2.75, 3.05) is 19.5 Å². The summed E-state index contributed by atoms with van der Waals surface area (Å²) in [7, 11) is 3.15. The maximum absolute atomic E-state index is 12.9. The van der Waals surface area contributed by atoms with Gasteiger partial charge in [-0.15, -0.1) is 0 Å². The first-order valence-electron chi connectivity index (χ1n) is 10.1. The molecule has 0 unspecified atom stereocenters.